The molecular weight excluding hydrogens is 286 g/mol. The van der Waals surface area contributed by atoms with E-state index in [-0.39, 0.29) is 37.0 Å². The number of nitrogens with zero attached hydrogens (tertiary/aromatic N) is 3. The van der Waals surface area contributed by atoms with Gasteiger partial charge in [-0.15, -0.1) is 0 Å². The zero-order valence-electron chi connectivity index (χ0n) is 12.2. The minimum absolute atomic E-state index is 0.0411. The standard InChI is InChI=1S/C14H19N5O3/c20-12(2-1-6-19-13(21)8-16-14(19)22)17-10-3-4-11-15-5-7-18(11)9-10/h5,7,10H,1-4,6,8-9H2,(H,16,22)(H,17,20)/t10-/m0/s1. The Bertz CT molecular complexity index is 581. The number of imidazole rings is 1. The normalized spacial score (nSPS) is 20.7. The Morgan fingerprint density at radius 2 is 2.32 bits per heavy atom. The molecule has 1 saturated heterocycles. The molecule has 118 valence electrons. The second kappa shape index (κ2) is 6.17. The van der Waals surface area contributed by atoms with Crippen LogP contribution in [0.15, 0.2) is 12.4 Å². The summed E-state index contributed by atoms with van der Waals surface area (Å²) in [5, 5.41) is 5.46. The predicted octanol–water partition coefficient (Wildman–Crippen LogP) is -0.354. The lowest BCUT2D eigenvalue weighted by atomic mass is 10.1. The minimum atomic E-state index is -0.370. The smallest absolute Gasteiger partial charge is 0.324 e. The van der Waals surface area contributed by atoms with Crippen LogP contribution in [0.2, 0.25) is 0 Å². The zero-order valence-corrected chi connectivity index (χ0v) is 12.2. The molecule has 2 aliphatic heterocycles. The molecule has 2 aliphatic rings. The highest BCUT2D eigenvalue weighted by Crippen LogP contribution is 2.13. The van der Waals surface area contributed by atoms with E-state index in [1.54, 1.807) is 6.20 Å². The largest absolute Gasteiger partial charge is 0.352 e. The average Bonchev–Trinajstić information content (AvgIpc) is 3.07. The lowest BCUT2D eigenvalue weighted by molar-refractivity contribution is -0.126. The number of hydrogen-bond donors (Lipinski definition) is 2. The van der Waals surface area contributed by atoms with Crippen LogP contribution in [0.5, 0.6) is 0 Å². The van der Waals surface area contributed by atoms with E-state index in [4.69, 9.17) is 0 Å². The number of nitrogens with one attached hydrogen (secondary N) is 2. The highest BCUT2D eigenvalue weighted by atomic mass is 16.2. The van der Waals surface area contributed by atoms with Crippen molar-refractivity contribution >= 4 is 17.8 Å². The van der Waals surface area contributed by atoms with Gasteiger partial charge in [-0.1, -0.05) is 0 Å². The van der Waals surface area contributed by atoms with Gasteiger partial charge in [-0.25, -0.2) is 9.78 Å². The lowest BCUT2D eigenvalue weighted by Crippen LogP contribution is -2.41. The van der Waals surface area contributed by atoms with Crippen molar-refractivity contribution in [3.8, 4) is 0 Å². The first kappa shape index (κ1) is 14.6. The number of imide groups is 1. The summed E-state index contributed by atoms with van der Waals surface area (Å²) in [6.07, 6.45) is 6.23. The Balaban J connectivity index is 1.40. The Kier molecular flexibility index (Phi) is 4.08. The minimum Gasteiger partial charge on any atom is -0.352 e. The average molecular weight is 305 g/mol. The van der Waals surface area contributed by atoms with Crippen molar-refractivity contribution < 1.29 is 14.4 Å². The number of hydrogen-bond acceptors (Lipinski definition) is 4. The van der Waals surface area contributed by atoms with Gasteiger partial charge in [0, 0.05) is 44.4 Å². The topological polar surface area (TPSA) is 96.3 Å². The predicted molar refractivity (Wildman–Crippen MR) is 76.8 cm³/mol. The summed E-state index contributed by atoms with van der Waals surface area (Å²) >= 11 is 0. The van der Waals surface area contributed by atoms with Crippen molar-refractivity contribution in [2.45, 2.75) is 38.3 Å². The first-order valence-corrected chi connectivity index (χ1v) is 7.51. The number of amides is 4. The number of carbonyl (C=O) groups excluding carboxylic acids is 3. The molecule has 1 fully saturated rings. The molecule has 1 atom stereocenters. The Morgan fingerprint density at radius 3 is 3.09 bits per heavy atom. The van der Waals surface area contributed by atoms with Gasteiger partial charge in [-0.2, -0.15) is 0 Å². The van der Waals surface area contributed by atoms with Crippen LogP contribution in [-0.2, 0) is 22.6 Å². The fraction of sp³-hybridized carbons (Fsp3) is 0.571. The molecule has 22 heavy (non-hydrogen) atoms. The van der Waals surface area contributed by atoms with Gasteiger partial charge in [0.2, 0.25) is 11.8 Å². The van der Waals surface area contributed by atoms with E-state index >= 15 is 0 Å². The molecule has 0 radical (unpaired) electrons. The highest BCUT2D eigenvalue weighted by molar-refractivity contribution is 6.01. The molecular formula is C14H19N5O3. The van der Waals surface area contributed by atoms with Crippen molar-refractivity contribution in [2.75, 3.05) is 13.1 Å². The van der Waals surface area contributed by atoms with Gasteiger partial charge in [0.1, 0.15) is 5.82 Å². The summed E-state index contributed by atoms with van der Waals surface area (Å²) in [4.78, 5) is 40.1. The van der Waals surface area contributed by atoms with Crippen molar-refractivity contribution in [2.24, 2.45) is 0 Å². The Morgan fingerprint density at radius 1 is 1.45 bits per heavy atom. The number of urea groups is 1. The lowest BCUT2D eigenvalue weighted by Gasteiger charge is -2.24. The second-order valence-corrected chi connectivity index (χ2v) is 5.61. The van der Waals surface area contributed by atoms with Crippen LogP contribution < -0.4 is 10.6 Å². The van der Waals surface area contributed by atoms with E-state index in [9.17, 15) is 14.4 Å². The Hall–Kier alpha value is -2.38. The summed E-state index contributed by atoms with van der Waals surface area (Å²) in [6, 6.07) is -0.253. The molecule has 4 amide bonds. The van der Waals surface area contributed by atoms with E-state index in [0.29, 0.717) is 12.8 Å². The Labute approximate surface area is 127 Å². The number of aryl methyl sites for hydroxylation is 1. The maximum Gasteiger partial charge on any atom is 0.324 e. The number of aromatic nitrogens is 2. The quantitative estimate of drug-likeness (QED) is 0.727. The van der Waals surface area contributed by atoms with Crippen LogP contribution in [0.3, 0.4) is 0 Å². The monoisotopic (exact) mass is 305 g/mol. The van der Waals surface area contributed by atoms with Gasteiger partial charge in [0.15, 0.2) is 0 Å². The van der Waals surface area contributed by atoms with E-state index in [1.807, 2.05) is 6.20 Å². The molecule has 0 saturated carbocycles. The van der Waals surface area contributed by atoms with Crippen LogP contribution in [-0.4, -0.2) is 51.4 Å². The summed E-state index contributed by atoms with van der Waals surface area (Å²) in [5.41, 5.74) is 0. The van der Waals surface area contributed by atoms with Crippen molar-refractivity contribution in [3.05, 3.63) is 18.2 Å². The van der Waals surface area contributed by atoms with Crippen LogP contribution >= 0.6 is 0 Å². The summed E-state index contributed by atoms with van der Waals surface area (Å²) in [5.74, 6) is 0.787. The fourth-order valence-corrected chi connectivity index (χ4v) is 2.86. The maximum absolute atomic E-state index is 12.0. The first-order chi connectivity index (χ1) is 10.6. The highest BCUT2D eigenvalue weighted by Gasteiger charge is 2.28. The van der Waals surface area contributed by atoms with Crippen LogP contribution in [0.1, 0.15) is 25.1 Å². The molecule has 0 spiro atoms. The third kappa shape index (κ3) is 3.10. The van der Waals surface area contributed by atoms with E-state index in [0.717, 1.165) is 30.1 Å². The summed E-state index contributed by atoms with van der Waals surface area (Å²) in [6.45, 7) is 1.09. The number of carbonyl (C=O) groups is 3. The molecule has 2 N–H and O–H groups in total. The van der Waals surface area contributed by atoms with Crippen molar-refractivity contribution in [1.29, 1.82) is 0 Å². The third-order valence-electron chi connectivity index (χ3n) is 4.02. The molecule has 3 rings (SSSR count). The van der Waals surface area contributed by atoms with E-state index < -0.39 is 0 Å². The van der Waals surface area contributed by atoms with Crippen LogP contribution in [0.4, 0.5) is 4.79 Å². The molecule has 0 unspecified atom stereocenters. The summed E-state index contributed by atoms with van der Waals surface area (Å²) in [7, 11) is 0. The van der Waals surface area contributed by atoms with Crippen molar-refractivity contribution in [3.63, 3.8) is 0 Å². The molecule has 3 heterocycles. The van der Waals surface area contributed by atoms with Crippen LogP contribution in [0.25, 0.3) is 0 Å². The molecule has 1 aromatic heterocycles. The molecule has 8 nitrogen and oxygen atoms in total. The molecule has 8 heteroatoms. The van der Waals surface area contributed by atoms with Gasteiger partial charge in [0.05, 0.1) is 6.54 Å². The number of fused-ring (bicyclic) bond motifs is 1. The SMILES string of the molecule is O=C(CCCN1C(=O)CNC1=O)N[C@H]1CCc2nccn2C1. The van der Waals surface area contributed by atoms with E-state index in [2.05, 4.69) is 20.2 Å². The molecule has 0 bridgehead atoms. The third-order valence-corrected chi connectivity index (χ3v) is 4.02. The van der Waals surface area contributed by atoms with E-state index in [1.165, 1.54) is 0 Å². The van der Waals surface area contributed by atoms with Gasteiger partial charge in [-0.3, -0.25) is 14.5 Å². The van der Waals surface area contributed by atoms with Crippen LogP contribution in [0, 0.1) is 0 Å². The fourth-order valence-electron chi connectivity index (χ4n) is 2.86. The maximum atomic E-state index is 12.0. The van der Waals surface area contributed by atoms with Gasteiger partial charge >= 0.3 is 6.03 Å². The van der Waals surface area contributed by atoms with Crippen molar-refractivity contribution in [1.82, 2.24) is 25.1 Å². The molecule has 0 aliphatic carbocycles. The summed E-state index contributed by atoms with van der Waals surface area (Å²) < 4.78 is 2.06. The van der Waals surface area contributed by atoms with Gasteiger partial charge < -0.3 is 15.2 Å². The molecule has 0 aromatic carbocycles. The molecule has 1 aromatic rings. The zero-order chi connectivity index (χ0) is 15.5. The number of rotatable bonds is 5. The second-order valence-electron chi connectivity index (χ2n) is 5.61. The van der Waals surface area contributed by atoms with Gasteiger partial charge in [-0.05, 0) is 12.8 Å². The first-order valence-electron chi connectivity index (χ1n) is 7.51. The van der Waals surface area contributed by atoms with Gasteiger partial charge in [0.25, 0.3) is 0 Å².